The van der Waals surface area contributed by atoms with E-state index in [0.717, 1.165) is 12.1 Å². The summed E-state index contributed by atoms with van der Waals surface area (Å²) in [5.41, 5.74) is 7.47. The quantitative estimate of drug-likeness (QED) is 0.194. The van der Waals surface area contributed by atoms with Crippen molar-refractivity contribution in [3.63, 3.8) is 0 Å². The van der Waals surface area contributed by atoms with E-state index >= 15 is 0 Å². The van der Waals surface area contributed by atoms with E-state index in [1.54, 1.807) is 0 Å². The highest BCUT2D eigenvalue weighted by Gasteiger charge is 2.32. The highest BCUT2D eigenvalue weighted by Crippen LogP contribution is 2.50. The van der Waals surface area contributed by atoms with Gasteiger partial charge in [-0.05, 0) is 74.8 Å². The van der Waals surface area contributed by atoms with Crippen LogP contribution in [0.15, 0.2) is 137 Å². The van der Waals surface area contributed by atoms with Crippen LogP contribution in [-0.2, 0) is 0 Å². The summed E-state index contributed by atoms with van der Waals surface area (Å²) in [6, 6.07) is 41.8. The minimum Gasteiger partial charge on any atom is -0.256 e. The SMILES string of the molecule is C1=C(c2ccc(-c3c4ccccc4c(-c4ccccc4)c4ccccc34)cn2)CCC2Sc3ccccc3SC12.CC. The normalized spacial score (nSPS) is 17.5. The first kappa shape index (κ1) is 27.1. The van der Waals surface area contributed by atoms with Crippen LogP contribution in [0.5, 0.6) is 0 Å². The number of hydrogen-bond acceptors (Lipinski definition) is 3. The molecular formula is C39H33NS2. The highest BCUT2D eigenvalue weighted by atomic mass is 32.2. The first-order chi connectivity index (χ1) is 20.8. The van der Waals surface area contributed by atoms with Crippen LogP contribution < -0.4 is 0 Å². The van der Waals surface area contributed by atoms with Crippen LogP contribution in [0.3, 0.4) is 0 Å². The average molecular weight is 580 g/mol. The van der Waals surface area contributed by atoms with E-state index in [2.05, 4.69) is 139 Å². The molecule has 2 unspecified atom stereocenters. The molecule has 1 aromatic heterocycles. The van der Waals surface area contributed by atoms with E-state index in [-0.39, 0.29) is 0 Å². The maximum atomic E-state index is 5.07. The van der Waals surface area contributed by atoms with Crippen LogP contribution in [0.2, 0.25) is 0 Å². The fraction of sp³-hybridized carbons (Fsp3) is 0.154. The van der Waals surface area contributed by atoms with Gasteiger partial charge in [-0.25, -0.2) is 0 Å². The van der Waals surface area contributed by atoms with Gasteiger partial charge in [0.15, 0.2) is 0 Å². The van der Waals surface area contributed by atoms with E-state index < -0.39 is 0 Å². The molecule has 0 bridgehead atoms. The largest absolute Gasteiger partial charge is 0.256 e. The maximum absolute atomic E-state index is 5.07. The number of nitrogens with zero attached hydrogens (tertiary/aromatic N) is 1. The van der Waals surface area contributed by atoms with Crippen molar-refractivity contribution in [1.82, 2.24) is 4.98 Å². The molecule has 5 aromatic carbocycles. The first-order valence-electron chi connectivity index (χ1n) is 14.9. The minimum absolute atomic E-state index is 0.503. The van der Waals surface area contributed by atoms with Crippen molar-refractivity contribution in [3.05, 3.63) is 133 Å². The fourth-order valence-electron chi connectivity index (χ4n) is 6.34. The third-order valence-electron chi connectivity index (χ3n) is 8.20. The van der Waals surface area contributed by atoms with Gasteiger partial charge in [0.2, 0.25) is 0 Å². The Morgan fingerprint density at radius 3 is 1.71 bits per heavy atom. The van der Waals surface area contributed by atoms with E-state index in [4.69, 9.17) is 4.98 Å². The van der Waals surface area contributed by atoms with Crippen LogP contribution in [0.4, 0.5) is 0 Å². The number of fused-ring (bicyclic) bond motifs is 4. The molecule has 0 radical (unpaired) electrons. The van der Waals surface area contributed by atoms with Gasteiger partial charge in [0.25, 0.3) is 0 Å². The molecule has 6 aromatic rings. The van der Waals surface area contributed by atoms with Crippen LogP contribution >= 0.6 is 23.5 Å². The third-order valence-corrected chi connectivity index (χ3v) is 11.3. The highest BCUT2D eigenvalue weighted by molar-refractivity contribution is 8.06. The molecule has 1 aliphatic heterocycles. The van der Waals surface area contributed by atoms with Crippen molar-refractivity contribution < 1.29 is 0 Å². The summed E-state index contributed by atoms with van der Waals surface area (Å²) in [6.45, 7) is 4.00. The molecule has 0 N–H and O–H groups in total. The van der Waals surface area contributed by atoms with E-state index in [9.17, 15) is 0 Å². The van der Waals surface area contributed by atoms with Gasteiger partial charge in [-0.2, -0.15) is 0 Å². The Morgan fingerprint density at radius 1 is 0.571 bits per heavy atom. The number of aromatic nitrogens is 1. The van der Waals surface area contributed by atoms with E-state index in [0.29, 0.717) is 10.5 Å². The van der Waals surface area contributed by atoms with Crippen LogP contribution in [0, 0.1) is 0 Å². The van der Waals surface area contributed by atoms with E-state index in [1.807, 2.05) is 25.6 Å². The lowest BCUT2D eigenvalue weighted by Gasteiger charge is -2.34. The summed E-state index contributed by atoms with van der Waals surface area (Å²) in [6.07, 6.45) is 6.86. The fourth-order valence-corrected chi connectivity index (χ4v) is 9.23. The topological polar surface area (TPSA) is 12.9 Å². The lowest BCUT2D eigenvalue weighted by Crippen LogP contribution is -2.25. The zero-order valence-electron chi connectivity index (χ0n) is 24.0. The lowest BCUT2D eigenvalue weighted by atomic mass is 9.86. The number of thioether (sulfide) groups is 2. The molecule has 0 saturated heterocycles. The molecule has 8 rings (SSSR count). The number of rotatable bonds is 3. The maximum Gasteiger partial charge on any atom is 0.0659 e. The van der Waals surface area contributed by atoms with Gasteiger partial charge in [-0.3, -0.25) is 4.98 Å². The Balaban J connectivity index is 0.00000141. The Kier molecular flexibility index (Phi) is 7.63. The molecule has 0 fully saturated rings. The van der Waals surface area contributed by atoms with Crippen molar-refractivity contribution in [1.29, 1.82) is 0 Å². The average Bonchev–Trinajstić information content (AvgIpc) is 3.07. The van der Waals surface area contributed by atoms with Gasteiger partial charge in [0, 0.05) is 32.1 Å². The standard InChI is InChI=1S/C37H27NS2.C2H6/c1-2-10-24(11-3-1)36-27-12-4-6-14-29(27)37(30-15-7-5-13-28(30)36)26-18-20-31(38-23-26)25-19-21-34-35(22-25)40-33-17-9-8-16-32(33)39-34;1-2/h1-18,20,22-23,34-35H,19,21H2;1-2H3. The van der Waals surface area contributed by atoms with Crippen LogP contribution in [0.25, 0.3) is 49.4 Å². The van der Waals surface area contributed by atoms with Crippen molar-refractivity contribution in [2.45, 2.75) is 47.0 Å². The monoisotopic (exact) mass is 579 g/mol. The number of hydrogen-bond donors (Lipinski definition) is 0. The molecule has 1 nitrogen and oxygen atoms in total. The summed E-state index contributed by atoms with van der Waals surface area (Å²) in [5.74, 6) is 0. The molecule has 2 heterocycles. The number of pyridine rings is 1. The third kappa shape index (κ3) is 4.85. The summed E-state index contributed by atoms with van der Waals surface area (Å²) in [4.78, 5) is 7.92. The smallest absolute Gasteiger partial charge is 0.0659 e. The summed E-state index contributed by atoms with van der Waals surface area (Å²) in [7, 11) is 0. The van der Waals surface area contributed by atoms with Gasteiger partial charge in [-0.15, -0.1) is 23.5 Å². The first-order valence-corrected chi connectivity index (χ1v) is 16.7. The summed E-state index contributed by atoms with van der Waals surface area (Å²) >= 11 is 4.07. The second-order valence-corrected chi connectivity index (χ2v) is 13.1. The molecule has 2 aliphatic rings. The van der Waals surface area contributed by atoms with E-state index in [1.165, 1.54) is 65.6 Å². The zero-order chi connectivity index (χ0) is 28.5. The second kappa shape index (κ2) is 11.8. The van der Waals surface area contributed by atoms with Crippen molar-refractivity contribution in [2.75, 3.05) is 0 Å². The minimum atomic E-state index is 0.503. The predicted octanol–water partition coefficient (Wildman–Crippen LogP) is 11.6. The van der Waals surface area contributed by atoms with Crippen LogP contribution in [-0.4, -0.2) is 15.5 Å². The number of allylic oxidation sites excluding steroid dienone is 1. The van der Waals surface area contributed by atoms with Crippen LogP contribution in [0.1, 0.15) is 32.4 Å². The lowest BCUT2D eigenvalue weighted by molar-refractivity contribution is 0.762. The molecule has 0 saturated carbocycles. The molecule has 0 spiro atoms. The zero-order valence-corrected chi connectivity index (χ0v) is 25.6. The predicted molar refractivity (Wildman–Crippen MR) is 184 cm³/mol. The van der Waals surface area contributed by atoms with Gasteiger partial charge in [0.1, 0.15) is 0 Å². The Labute approximate surface area is 257 Å². The molecular weight excluding hydrogens is 547 g/mol. The van der Waals surface area contributed by atoms with Gasteiger partial charge in [-0.1, -0.05) is 117 Å². The molecule has 3 heteroatoms. The Hall–Kier alpha value is -3.79. The van der Waals surface area contributed by atoms with Crippen molar-refractivity contribution >= 4 is 50.6 Å². The van der Waals surface area contributed by atoms with Gasteiger partial charge >= 0.3 is 0 Å². The molecule has 1 aliphatic carbocycles. The summed E-state index contributed by atoms with van der Waals surface area (Å²) < 4.78 is 0. The molecule has 0 amide bonds. The molecule has 2 atom stereocenters. The van der Waals surface area contributed by atoms with Gasteiger partial charge in [0.05, 0.1) is 5.69 Å². The Morgan fingerprint density at radius 2 is 1.12 bits per heavy atom. The van der Waals surface area contributed by atoms with Gasteiger partial charge < -0.3 is 0 Å². The summed E-state index contributed by atoms with van der Waals surface area (Å²) in [5, 5.41) is 6.23. The Bertz CT molecular complexity index is 1850. The molecule has 42 heavy (non-hydrogen) atoms. The van der Waals surface area contributed by atoms with Crippen molar-refractivity contribution in [3.8, 4) is 22.3 Å². The van der Waals surface area contributed by atoms with Crippen molar-refractivity contribution in [2.24, 2.45) is 0 Å². The number of benzene rings is 5. The second-order valence-electron chi connectivity index (χ2n) is 10.6. The molecule has 206 valence electrons.